The largest absolute Gasteiger partial charge is 0.240 e. The summed E-state index contributed by atoms with van der Waals surface area (Å²) in [6.45, 7) is 7.92. The van der Waals surface area contributed by atoms with E-state index in [2.05, 4.69) is 99.8 Å². The number of carbonyl (C=O) groups excluding carboxylic acids is 20. The number of aliphatic imine (C=N–C) groups is 20. The number of hydrogen-bond acceptors (Lipinski definition) is 40. The lowest BCUT2D eigenvalue weighted by molar-refractivity contribution is 0.562. The summed E-state index contributed by atoms with van der Waals surface area (Å²) in [5, 5.41) is 0.315. The van der Waals surface area contributed by atoms with Crippen LogP contribution in [0.1, 0.15) is 55.6 Å². The SMILES string of the molecule is Cc1c(N=C=O)cccc1N=C=O.Cc1cc(Cl)c(N=C=O)cc1N=C=O.Cc1cc(N=C=O)ccc1N=C=O.Cc1ccc(N=C=O)cc1N=C=O.O=C=NCc1ccc(N=C=O)cc1.O=C=NCc1cccc(CN=C=O)c1.O=C=Nc1ccc(CCl)c(N=C=O)c1.O=C=Nc1ccc(Cc2ccc(N=C=O)cc2)cc1.O=C=Nc1ccc(N=C=O)cc1.O=C=Nc1cccc(N=C=O)c1. The molecule has 40 nitrogen and oxygen atoms in total. The van der Waals surface area contributed by atoms with E-state index >= 15 is 0 Å². The molecule has 0 saturated heterocycles. The Balaban J connectivity index is 0.000000516. The highest BCUT2D eigenvalue weighted by Crippen LogP contribution is 2.34. The van der Waals surface area contributed by atoms with Gasteiger partial charge in [0.25, 0.3) is 0 Å². The monoisotopic (exact) mass is 1870 g/mol. The number of alkyl halides is 1. The number of nitrogens with zero attached hydrogens (tertiary/aromatic N) is 20. The smallest absolute Gasteiger partial charge is 0.211 e. The maximum absolute atomic E-state index is 10.1. The maximum atomic E-state index is 10.1. The van der Waals surface area contributed by atoms with Crippen molar-refractivity contribution < 1.29 is 95.9 Å². The van der Waals surface area contributed by atoms with Crippen LogP contribution in [0.5, 0.6) is 0 Å². The zero-order valence-electron chi connectivity index (χ0n) is 71.3. The third kappa shape index (κ3) is 47.3. The number of rotatable bonds is 26. The van der Waals surface area contributed by atoms with Crippen LogP contribution in [0.15, 0.2) is 330 Å². The standard InChI is InChI=1S/C15H10N2O2.C10H8N2O2.2C9H5ClN2O2.4C9H6N2O2.2C8H4N2O2/c18-10-16-14-5-1-12(2-6-14)9-13-3-7-15(8-4-13)17-11-19;13-7-11-5-9-2-1-3-10(4-9)6-12-8-14;1-6-2-7(10)9(12-5-14)3-8(6)11-4-13;10-4-7-1-2-8(11-5-13)3-9(7)12-6-14;1-7-4-8(10-5-12)2-3-9(7)11-6-13;1-7-2-3-8(10-5-12)4-9(7)11-6-13;1-7-8(10-5-12)3-2-4-9(7)11-6-13;12-6-10-5-8-1-3-9(4-2-8)11-7-13;11-5-9-7-1-2-8(4-3-7)10-6-12;11-5-9-7-2-1-3-8(4-7)10-6-12/h1-8H,9H2;1-4H,5-6H2;2-3H,1H3;1-3H,4H2;3*2-4H,1H3;1-4H,5H2;2*1-4H. The van der Waals surface area contributed by atoms with E-state index in [1.807, 2.05) is 48.5 Å². The molecule has 0 aliphatic rings. The molecule has 0 N–H and O–H groups in total. The number of isocyanates is 20. The summed E-state index contributed by atoms with van der Waals surface area (Å²) < 4.78 is 0. The van der Waals surface area contributed by atoms with E-state index in [0.29, 0.717) is 132 Å². The van der Waals surface area contributed by atoms with E-state index in [9.17, 15) is 95.9 Å². The third-order valence-corrected chi connectivity index (χ3v) is 16.5. The minimum Gasteiger partial charge on any atom is -0.211 e. The van der Waals surface area contributed by atoms with Gasteiger partial charge in [0.15, 0.2) is 0 Å². The Bertz CT molecular complexity index is 6820. The number of halogens is 2. The summed E-state index contributed by atoms with van der Waals surface area (Å²) in [4.78, 5) is 267. The van der Waals surface area contributed by atoms with Crippen molar-refractivity contribution >= 4 is 241 Å². The average molecular weight is 1870 g/mol. The second-order valence-corrected chi connectivity index (χ2v) is 25.3. The van der Waals surface area contributed by atoms with E-state index in [0.717, 1.165) is 45.4 Å². The van der Waals surface area contributed by atoms with Crippen molar-refractivity contribution in [2.75, 3.05) is 0 Å². The Hall–Kier alpha value is -20.4. The van der Waals surface area contributed by atoms with Gasteiger partial charge in [0.2, 0.25) is 122 Å². The fourth-order valence-corrected chi connectivity index (χ4v) is 10.2. The summed E-state index contributed by atoms with van der Waals surface area (Å²) in [7, 11) is 0. The van der Waals surface area contributed by atoms with E-state index in [1.54, 1.807) is 185 Å². The van der Waals surface area contributed by atoms with Crippen molar-refractivity contribution in [1.82, 2.24) is 0 Å². The van der Waals surface area contributed by atoms with E-state index in [-0.39, 0.29) is 11.6 Å². The zero-order valence-corrected chi connectivity index (χ0v) is 72.9. The van der Waals surface area contributed by atoms with Crippen molar-refractivity contribution in [2.45, 2.75) is 59.6 Å². The van der Waals surface area contributed by atoms with Crippen molar-refractivity contribution in [2.24, 2.45) is 99.8 Å². The molecule has 11 aromatic rings. The lowest BCUT2D eigenvalue weighted by Crippen LogP contribution is -1.86. The first kappa shape index (κ1) is 113. The molecule has 0 aliphatic carbocycles. The van der Waals surface area contributed by atoms with Crippen LogP contribution in [0.25, 0.3) is 0 Å². The highest BCUT2D eigenvalue weighted by Gasteiger charge is 2.08. The van der Waals surface area contributed by atoms with Crippen molar-refractivity contribution in [3.8, 4) is 0 Å². The van der Waals surface area contributed by atoms with Gasteiger partial charge in [-0.05, 0) is 230 Å². The number of hydrogen-bond donors (Lipinski definition) is 0. The second kappa shape index (κ2) is 70.6. The Morgan fingerprint density at radius 2 is 0.482 bits per heavy atom. The first-order valence-electron chi connectivity index (χ1n) is 37.4. The van der Waals surface area contributed by atoms with Gasteiger partial charge in [-0.15, -0.1) is 11.6 Å². The third-order valence-electron chi connectivity index (χ3n) is 15.9. The molecule has 0 heterocycles. The first-order chi connectivity index (χ1) is 66.6. The Morgan fingerprint density at radius 1 is 0.204 bits per heavy atom. The topological polar surface area (TPSA) is 589 Å². The number of aryl methyl sites for hydroxylation is 3. The quantitative estimate of drug-likeness (QED) is 0.0276. The predicted octanol–water partition coefficient (Wildman–Crippen LogP) is 20.0. The van der Waals surface area contributed by atoms with Gasteiger partial charge in [-0.25, -0.2) is 111 Å². The van der Waals surface area contributed by atoms with Crippen LogP contribution in [0.2, 0.25) is 5.02 Å². The molecule has 0 spiro atoms. The van der Waals surface area contributed by atoms with Crippen LogP contribution in [0.3, 0.4) is 0 Å². The van der Waals surface area contributed by atoms with Gasteiger partial charge in [-0.1, -0.05) is 96.5 Å². The van der Waals surface area contributed by atoms with Crippen molar-refractivity contribution in [3.05, 3.63) is 291 Å². The van der Waals surface area contributed by atoms with Gasteiger partial charge in [-0.3, -0.25) is 0 Å². The molecule has 674 valence electrons. The van der Waals surface area contributed by atoms with Gasteiger partial charge in [0.05, 0.1) is 121 Å². The van der Waals surface area contributed by atoms with Crippen LogP contribution in [-0.4, -0.2) is 122 Å². The molecule has 0 radical (unpaired) electrons. The average Bonchev–Trinajstić information content (AvgIpc) is 0.845. The highest BCUT2D eigenvalue weighted by molar-refractivity contribution is 6.33. The molecule has 137 heavy (non-hydrogen) atoms. The van der Waals surface area contributed by atoms with Crippen molar-refractivity contribution in [3.63, 3.8) is 0 Å². The van der Waals surface area contributed by atoms with Crippen LogP contribution in [0, 0.1) is 27.7 Å². The molecule has 0 saturated carbocycles. The maximum Gasteiger partial charge on any atom is 0.240 e. The van der Waals surface area contributed by atoms with Crippen LogP contribution in [0.4, 0.5) is 96.7 Å². The summed E-state index contributed by atoms with van der Waals surface area (Å²) in [6, 6.07) is 63.7. The first-order valence-corrected chi connectivity index (χ1v) is 38.3. The van der Waals surface area contributed by atoms with Gasteiger partial charge >= 0.3 is 0 Å². The molecule has 11 rings (SSSR count). The summed E-state index contributed by atoms with van der Waals surface area (Å²) >= 11 is 11.4. The minimum atomic E-state index is 0.228. The number of benzene rings is 11. The molecule has 0 bridgehead atoms. The summed E-state index contributed by atoms with van der Waals surface area (Å²) in [6.07, 6.45) is 29.3. The molecule has 0 aromatic heterocycles. The molecule has 42 heteroatoms. The molecule has 0 fully saturated rings. The highest BCUT2D eigenvalue weighted by atomic mass is 35.5. The van der Waals surface area contributed by atoms with Gasteiger partial charge in [0, 0.05) is 11.4 Å². The van der Waals surface area contributed by atoms with E-state index < -0.39 is 0 Å². The molecule has 0 unspecified atom stereocenters. The van der Waals surface area contributed by atoms with Crippen LogP contribution >= 0.6 is 23.2 Å². The summed E-state index contributed by atoms with van der Waals surface area (Å²) in [5.41, 5.74) is 16.3. The van der Waals surface area contributed by atoms with E-state index in [1.165, 1.54) is 146 Å². The molecule has 0 aliphatic heterocycles. The zero-order chi connectivity index (χ0) is 101. The lowest BCUT2D eigenvalue weighted by Gasteiger charge is -2.02. The van der Waals surface area contributed by atoms with Crippen molar-refractivity contribution in [1.29, 1.82) is 0 Å². The second-order valence-electron chi connectivity index (χ2n) is 24.6. The lowest BCUT2D eigenvalue weighted by atomic mass is 10.0. The van der Waals surface area contributed by atoms with E-state index in [4.69, 9.17) is 23.2 Å². The van der Waals surface area contributed by atoms with Crippen LogP contribution in [-0.2, 0) is 128 Å². The Kier molecular flexibility index (Phi) is 58.1. The Morgan fingerprint density at radius 3 is 0.861 bits per heavy atom. The van der Waals surface area contributed by atoms with Gasteiger partial charge in [-0.2, -0.15) is 84.9 Å². The molecule has 11 aromatic carbocycles. The van der Waals surface area contributed by atoms with Crippen LogP contribution < -0.4 is 0 Å². The fraction of sp³-hybridized carbons (Fsp3) is 0.0947. The molecular weight excluding hydrogens is 1810 g/mol. The fourth-order valence-electron chi connectivity index (χ4n) is 9.76. The molecular formula is C95H60Cl2N20O20. The van der Waals surface area contributed by atoms with Gasteiger partial charge in [0.1, 0.15) is 0 Å². The predicted molar refractivity (Wildman–Crippen MR) is 495 cm³/mol. The van der Waals surface area contributed by atoms with Gasteiger partial charge < -0.3 is 0 Å². The molecule has 0 atom stereocenters. The normalized spacial score (nSPS) is 8.51. The minimum absolute atomic E-state index is 0.228. The Labute approximate surface area is 783 Å². The summed E-state index contributed by atoms with van der Waals surface area (Å²) in [5.74, 6) is 0.228. The molecule has 0 amide bonds.